The normalized spacial score (nSPS) is 10.4. The first-order valence-corrected chi connectivity index (χ1v) is 4.56. The topological polar surface area (TPSA) is 64.4 Å². The van der Waals surface area contributed by atoms with Crippen molar-refractivity contribution in [3.63, 3.8) is 0 Å². The molecule has 0 spiro atoms. The van der Waals surface area contributed by atoms with Crippen LogP contribution < -0.4 is 0 Å². The molecule has 5 nitrogen and oxygen atoms in total. The number of aryl methyl sites for hydroxylation is 1. The summed E-state index contributed by atoms with van der Waals surface area (Å²) in [6.45, 7) is 5.14. The molecule has 1 rings (SSSR count). The maximum atomic E-state index is 10.9. The quantitative estimate of drug-likeness (QED) is 0.770. The number of carboxylic acid groups (broad SMARTS) is 1. The monoisotopic (exact) mass is 198 g/mol. The molecule has 0 bridgehead atoms. The summed E-state index contributed by atoms with van der Waals surface area (Å²) in [6.07, 6.45) is 1.54. The van der Waals surface area contributed by atoms with Gasteiger partial charge in [-0.3, -0.25) is 4.68 Å². The van der Waals surface area contributed by atoms with E-state index in [1.54, 1.807) is 6.20 Å². The fourth-order valence-electron chi connectivity index (χ4n) is 1.23. The first-order valence-electron chi connectivity index (χ1n) is 4.56. The highest BCUT2D eigenvalue weighted by atomic mass is 16.5. The van der Waals surface area contributed by atoms with E-state index in [-0.39, 0.29) is 5.69 Å². The molecule has 1 heterocycles. The Hall–Kier alpha value is -1.36. The second-order valence-electron chi connectivity index (χ2n) is 2.78. The molecule has 1 aromatic heterocycles. The van der Waals surface area contributed by atoms with Crippen LogP contribution in [0, 0.1) is 0 Å². The molecule has 0 fully saturated rings. The average molecular weight is 198 g/mol. The number of carbonyl (C=O) groups is 1. The first kappa shape index (κ1) is 10.7. The second kappa shape index (κ2) is 4.76. The summed E-state index contributed by atoms with van der Waals surface area (Å²) in [5.41, 5.74) is 0.849. The van der Waals surface area contributed by atoms with Crippen molar-refractivity contribution < 1.29 is 14.6 Å². The molecule has 0 atom stereocenters. The third kappa shape index (κ3) is 2.11. The van der Waals surface area contributed by atoms with Gasteiger partial charge in [0.25, 0.3) is 0 Å². The van der Waals surface area contributed by atoms with Crippen LogP contribution in [0.2, 0.25) is 0 Å². The van der Waals surface area contributed by atoms with Crippen LogP contribution in [0.1, 0.15) is 29.9 Å². The minimum Gasteiger partial charge on any atom is -0.477 e. The van der Waals surface area contributed by atoms with E-state index in [2.05, 4.69) is 5.10 Å². The molecule has 0 aromatic carbocycles. The van der Waals surface area contributed by atoms with E-state index >= 15 is 0 Å². The molecule has 0 unspecified atom stereocenters. The highest BCUT2D eigenvalue weighted by Gasteiger charge is 2.16. The molecule has 14 heavy (non-hydrogen) atoms. The third-order valence-corrected chi connectivity index (χ3v) is 1.88. The fraction of sp³-hybridized carbons (Fsp3) is 0.556. The molecule has 0 radical (unpaired) electrons. The van der Waals surface area contributed by atoms with Gasteiger partial charge in [0.2, 0.25) is 0 Å². The molecule has 1 aromatic rings. The maximum absolute atomic E-state index is 10.9. The summed E-state index contributed by atoms with van der Waals surface area (Å²) < 4.78 is 6.61. The van der Waals surface area contributed by atoms with Gasteiger partial charge in [0.05, 0.1) is 12.8 Å². The SMILES string of the molecule is CCOCc1cnn(CC)c1C(=O)O. The third-order valence-electron chi connectivity index (χ3n) is 1.88. The Morgan fingerprint density at radius 2 is 2.36 bits per heavy atom. The van der Waals surface area contributed by atoms with Crippen molar-refractivity contribution in [1.82, 2.24) is 9.78 Å². The van der Waals surface area contributed by atoms with Crippen molar-refractivity contribution >= 4 is 5.97 Å². The van der Waals surface area contributed by atoms with Crippen molar-refractivity contribution in [1.29, 1.82) is 0 Å². The standard InChI is InChI=1S/C9H14N2O3/c1-3-11-8(9(12)13)7(5-10-11)6-14-4-2/h5H,3-4,6H2,1-2H3,(H,12,13). The zero-order valence-electron chi connectivity index (χ0n) is 8.36. The number of hydrogen-bond donors (Lipinski definition) is 1. The highest BCUT2D eigenvalue weighted by molar-refractivity contribution is 5.87. The lowest BCUT2D eigenvalue weighted by Crippen LogP contribution is -2.11. The molecule has 0 saturated carbocycles. The van der Waals surface area contributed by atoms with Crippen LogP contribution in [-0.2, 0) is 17.9 Å². The van der Waals surface area contributed by atoms with Gasteiger partial charge in [0.1, 0.15) is 0 Å². The number of ether oxygens (including phenoxy) is 1. The molecule has 78 valence electrons. The van der Waals surface area contributed by atoms with Gasteiger partial charge >= 0.3 is 5.97 Å². The average Bonchev–Trinajstić information content (AvgIpc) is 2.57. The Bertz CT molecular complexity index is 320. The summed E-state index contributed by atoms with van der Waals surface area (Å²) in [6, 6.07) is 0. The van der Waals surface area contributed by atoms with E-state index < -0.39 is 5.97 Å². The second-order valence-corrected chi connectivity index (χ2v) is 2.78. The lowest BCUT2D eigenvalue weighted by atomic mass is 10.2. The molecular formula is C9H14N2O3. The van der Waals surface area contributed by atoms with Crippen molar-refractivity contribution in [3.05, 3.63) is 17.5 Å². The molecule has 0 saturated heterocycles. The van der Waals surface area contributed by atoms with E-state index in [1.165, 1.54) is 4.68 Å². The zero-order valence-corrected chi connectivity index (χ0v) is 8.36. The Labute approximate surface area is 82.3 Å². The van der Waals surface area contributed by atoms with Crippen LogP contribution in [0.15, 0.2) is 6.20 Å². The van der Waals surface area contributed by atoms with Gasteiger partial charge in [-0.1, -0.05) is 0 Å². The van der Waals surface area contributed by atoms with E-state index in [1.807, 2.05) is 13.8 Å². The van der Waals surface area contributed by atoms with Crippen LogP contribution in [0.25, 0.3) is 0 Å². The smallest absolute Gasteiger partial charge is 0.354 e. The van der Waals surface area contributed by atoms with E-state index in [4.69, 9.17) is 9.84 Å². The van der Waals surface area contributed by atoms with Gasteiger partial charge in [0.15, 0.2) is 5.69 Å². The van der Waals surface area contributed by atoms with Gasteiger partial charge in [-0.05, 0) is 13.8 Å². The Kier molecular flexibility index (Phi) is 3.64. The summed E-state index contributed by atoms with van der Waals surface area (Å²) >= 11 is 0. The van der Waals surface area contributed by atoms with Crippen molar-refractivity contribution in [2.24, 2.45) is 0 Å². The number of aromatic carboxylic acids is 1. The summed E-state index contributed by atoms with van der Waals surface area (Å²) in [5.74, 6) is -0.959. The van der Waals surface area contributed by atoms with E-state index in [0.717, 1.165) is 0 Å². The van der Waals surface area contributed by atoms with Gasteiger partial charge in [0, 0.05) is 18.7 Å². The largest absolute Gasteiger partial charge is 0.477 e. The van der Waals surface area contributed by atoms with E-state index in [9.17, 15) is 4.79 Å². The molecule has 0 aliphatic carbocycles. The number of rotatable bonds is 5. The van der Waals surface area contributed by atoms with Crippen LogP contribution in [-0.4, -0.2) is 27.5 Å². The minimum absolute atomic E-state index is 0.223. The highest BCUT2D eigenvalue weighted by Crippen LogP contribution is 2.10. The van der Waals surface area contributed by atoms with Crippen molar-refractivity contribution in [2.45, 2.75) is 27.0 Å². The Morgan fingerprint density at radius 3 is 2.86 bits per heavy atom. The van der Waals surface area contributed by atoms with Crippen LogP contribution in [0.4, 0.5) is 0 Å². The first-order chi connectivity index (χ1) is 6.70. The van der Waals surface area contributed by atoms with E-state index in [0.29, 0.717) is 25.3 Å². The van der Waals surface area contributed by atoms with Gasteiger partial charge in [-0.2, -0.15) is 5.10 Å². The molecule has 0 aliphatic heterocycles. The predicted molar refractivity (Wildman–Crippen MR) is 50.2 cm³/mol. The van der Waals surface area contributed by atoms with Crippen LogP contribution in [0.3, 0.4) is 0 Å². The number of carboxylic acids is 1. The fourth-order valence-corrected chi connectivity index (χ4v) is 1.23. The summed E-state index contributed by atoms with van der Waals surface area (Å²) in [5, 5.41) is 12.9. The van der Waals surface area contributed by atoms with Crippen molar-refractivity contribution in [2.75, 3.05) is 6.61 Å². The Morgan fingerprint density at radius 1 is 1.64 bits per heavy atom. The van der Waals surface area contributed by atoms with Crippen molar-refractivity contribution in [3.8, 4) is 0 Å². The molecule has 1 N–H and O–H groups in total. The number of nitrogens with zero attached hydrogens (tertiary/aromatic N) is 2. The molecule has 5 heteroatoms. The molecule has 0 aliphatic rings. The summed E-state index contributed by atoms with van der Waals surface area (Å²) in [7, 11) is 0. The maximum Gasteiger partial charge on any atom is 0.354 e. The van der Waals surface area contributed by atoms with Gasteiger partial charge in [-0.15, -0.1) is 0 Å². The van der Waals surface area contributed by atoms with Crippen LogP contribution in [0.5, 0.6) is 0 Å². The van der Waals surface area contributed by atoms with Gasteiger partial charge < -0.3 is 9.84 Å². The zero-order chi connectivity index (χ0) is 10.6. The molecular weight excluding hydrogens is 184 g/mol. The number of hydrogen-bond acceptors (Lipinski definition) is 3. The number of aromatic nitrogens is 2. The van der Waals surface area contributed by atoms with Gasteiger partial charge in [-0.25, -0.2) is 4.79 Å². The molecule has 0 amide bonds. The predicted octanol–water partition coefficient (Wildman–Crippen LogP) is 1.14. The van der Waals surface area contributed by atoms with Crippen LogP contribution >= 0.6 is 0 Å². The lowest BCUT2D eigenvalue weighted by molar-refractivity contribution is 0.0675. The lowest BCUT2D eigenvalue weighted by Gasteiger charge is -2.02. The Balaban J connectivity index is 2.92. The minimum atomic E-state index is -0.959. The summed E-state index contributed by atoms with van der Waals surface area (Å²) in [4.78, 5) is 10.9.